The van der Waals surface area contributed by atoms with E-state index in [-0.39, 0.29) is 17.7 Å². The third-order valence-corrected chi connectivity index (χ3v) is 5.80. The van der Waals surface area contributed by atoms with Gasteiger partial charge in [0.25, 0.3) is 5.91 Å². The van der Waals surface area contributed by atoms with E-state index in [2.05, 4.69) is 5.32 Å². The standard InChI is InChI=1S/C24H30N2O4/c1-17(27)21(14-18-8-5-4-6-9-18)25-24(28)16-26-13-7-10-22(26)20-12-11-19(29-2)15-23(20)30-3/h4-6,8-9,11-12,15,21-22H,7,10,13-14,16H2,1-3H3,(H,25,28)/p+1/t21-,22-/m1/s1. The first-order valence-electron chi connectivity index (χ1n) is 10.4. The van der Waals surface area contributed by atoms with Crippen molar-refractivity contribution in [1.82, 2.24) is 5.32 Å². The average molecular weight is 412 g/mol. The summed E-state index contributed by atoms with van der Waals surface area (Å²) in [6.07, 6.45) is 2.54. The molecule has 2 aromatic rings. The molecular formula is C24H31N2O4+. The molecule has 2 aromatic carbocycles. The van der Waals surface area contributed by atoms with Crippen LogP contribution in [0, 0.1) is 0 Å². The van der Waals surface area contributed by atoms with Gasteiger partial charge in [-0.05, 0) is 31.0 Å². The summed E-state index contributed by atoms with van der Waals surface area (Å²) < 4.78 is 10.9. The summed E-state index contributed by atoms with van der Waals surface area (Å²) in [4.78, 5) is 26.1. The number of rotatable bonds is 9. The highest BCUT2D eigenvalue weighted by molar-refractivity contribution is 5.88. The number of quaternary nitrogens is 1. The fraction of sp³-hybridized carbons (Fsp3) is 0.417. The SMILES string of the molecule is COc1ccc([C@H]2CCC[NH+]2CC(=O)N[C@H](Cc2ccccc2)C(C)=O)c(OC)c1. The molecule has 0 radical (unpaired) electrons. The lowest BCUT2D eigenvalue weighted by atomic mass is 10.0. The van der Waals surface area contributed by atoms with Crippen molar-refractivity contribution in [2.75, 3.05) is 27.3 Å². The molecule has 6 heteroatoms. The number of amides is 1. The quantitative estimate of drug-likeness (QED) is 0.660. The Kier molecular flexibility index (Phi) is 7.46. The van der Waals surface area contributed by atoms with E-state index >= 15 is 0 Å². The van der Waals surface area contributed by atoms with Gasteiger partial charge in [0.2, 0.25) is 0 Å². The monoisotopic (exact) mass is 411 g/mol. The zero-order valence-corrected chi connectivity index (χ0v) is 17.9. The molecule has 0 bridgehead atoms. The van der Waals surface area contributed by atoms with Gasteiger partial charge < -0.3 is 19.7 Å². The van der Waals surface area contributed by atoms with Crippen molar-refractivity contribution in [2.24, 2.45) is 0 Å². The fourth-order valence-corrected chi connectivity index (χ4v) is 4.20. The lowest BCUT2D eigenvalue weighted by Gasteiger charge is -2.24. The van der Waals surface area contributed by atoms with Crippen LogP contribution in [0.3, 0.4) is 0 Å². The summed E-state index contributed by atoms with van der Waals surface area (Å²) in [5, 5.41) is 2.95. The number of ether oxygens (including phenoxy) is 2. The highest BCUT2D eigenvalue weighted by Gasteiger charge is 2.34. The number of hydrogen-bond donors (Lipinski definition) is 2. The van der Waals surface area contributed by atoms with E-state index in [1.54, 1.807) is 14.2 Å². The van der Waals surface area contributed by atoms with Gasteiger partial charge in [0, 0.05) is 18.9 Å². The zero-order chi connectivity index (χ0) is 21.5. The summed E-state index contributed by atoms with van der Waals surface area (Å²) in [7, 11) is 3.29. The van der Waals surface area contributed by atoms with Gasteiger partial charge in [-0.1, -0.05) is 30.3 Å². The number of carbonyl (C=O) groups is 2. The maximum absolute atomic E-state index is 12.8. The second-order valence-electron chi connectivity index (χ2n) is 7.81. The molecular weight excluding hydrogens is 380 g/mol. The largest absolute Gasteiger partial charge is 0.497 e. The average Bonchev–Trinajstić information content (AvgIpc) is 3.21. The van der Waals surface area contributed by atoms with Crippen molar-refractivity contribution < 1.29 is 24.0 Å². The van der Waals surface area contributed by atoms with Gasteiger partial charge in [0.05, 0.1) is 32.4 Å². The fourth-order valence-electron chi connectivity index (χ4n) is 4.20. The second kappa shape index (κ2) is 10.3. The lowest BCUT2D eigenvalue weighted by molar-refractivity contribution is -0.910. The predicted octanol–water partition coefficient (Wildman–Crippen LogP) is 1.74. The summed E-state index contributed by atoms with van der Waals surface area (Å²) >= 11 is 0. The predicted molar refractivity (Wildman–Crippen MR) is 115 cm³/mol. The van der Waals surface area contributed by atoms with Gasteiger partial charge in [-0.25, -0.2) is 0 Å². The van der Waals surface area contributed by atoms with Gasteiger partial charge in [0.1, 0.15) is 17.5 Å². The van der Waals surface area contributed by atoms with Crippen LogP contribution in [0.5, 0.6) is 11.5 Å². The van der Waals surface area contributed by atoms with E-state index in [1.165, 1.54) is 11.8 Å². The second-order valence-corrected chi connectivity index (χ2v) is 7.81. The van der Waals surface area contributed by atoms with Crippen molar-refractivity contribution in [3.8, 4) is 11.5 Å². The molecule has 1 fully saturated rings. The minimum Gasteiger partial charge on any atom is -0.497 e. The Morgan fingerprint density at radius 3 is 2.57 bits per heavy atom. The first kappa shape index (κ1) is 21.8. The van der Waals surface area contributed by atoms with Crippen molar-refractivity contribution >= 4 is 11.7 Å². The van der Waals surface area contributed by atoms with Crippen LogP contribution in [0.4, 0.5) is 0 Å². The lowest BCUT2D eigenvalue weighted by Crippen LogP contribution is -3.11. The number of Topliss-reactive ketones (excluding diaryl/α,β-unsaturated/α-hetero) is 1. The van der Waals surface area contributed by atoms with Crippen molar-refractivity contribution in [3.05, 3.63) is 59.7 Å². The van der Waals surface area contributed by atoms with Crippen LogP contribution in [0.2, 0.25) is 0 Å². The van der Waals surface area contributed by atoms with Crippen LogP contribution < -0.4 is 19.7 Å². The van der Waals surface area contributed by atoms with E-state index in [4.69, 9.17) is 9.47 Å². The van der Waals surface area contributed by atoms with Crippen LogP contribution in [0.1, 0.15) is 36.9 Å². The zero-order valence-electron chi connectivity index (χ0n) is 17.9. The third-order valence-electron chi connectivity index (χ3n) is 5.80. The molecule has 1 heterocycles. The number of hydrogen-bond acceptors (Lipinski definition) is 4. The summed E-state index contributed by atoms with van der Waals surface area (Å²) in [6.45, 7) is 2.77. The van der Waals surface area contributed by atoms with Gasteiger partial charge in [-0.15, -0.1) is 0 Å². The number of benzene rings is 2. The van der Waals surface area contributed by atoms with E-state index in [0.29, 0.717) is 13.0 Å². The minimum absolute atomic E-state index is 0.0306. The first-order chi connectivity index (χ1) is 14.5. The third kappa shape index (κ3) is 5.39. The molecule has 0 aliphatic carbocycles. The number of carbonyl (C=O) groups excluding carboxylic acids is 2. The Balaban J connectivity index is 1.67. The first-order valence-corrected chi connectivity index (χ1v) is 10.4. The molecule has 6 nitrogen and oxygen atoms in total. The molecule has 0 aromatic heterocycles. The Morgan fingerprint density at radius 1 is 1.13 bits per heavy atom. The molecule has 1 aliphatic rings. The molecule has 0 saturated carbocycles. The molecule has 1 unspecified atom stereocenters. The highest BCUT2D eigenvalue weighted by atomic mass is 16.5. The molecule has 1 aliphatic heterocycles. The summed E-state index contributed by atoms with van der Waals surface area (Å²) in [5.74, 6) is 1.40. The van der Waals surface area contributed by atoms with Gasteiger partial charge >= 0.3 is 0 Å². The van der Waals surface area contributed by atoms with E-state index in [1.807, 2.05) is 48.5 Å². The highest BCUT2D eigenvalue weighted by Crippen LogP contribution is 2.31. The van der Waals surface area contributed by atoms with Crippen LogP contribution >= 0.6 is 0 Å². The van der Waals surface area contributed by atoms with Crippen LogP contribution in [-0.4, -0.2) is 45.0 Å². The topological polar surface area (TPSA) is 69.1 Å². The molecule has 30 heavy (non-hydrogen) atoms. The van der Waals surface area contributed by atoms with Crippen molar-refractivity contribution in [3.63, 3.8) is 0 Å². The number of nitrogens with one attached hydrogen (secondary N) is 2. The maximum Gasteiger partial charge on any atom is 0.275 e. The van der Waals surface area contributed by atoms with Crippen molar-refractivity contribution in [2.45, 2.75) is 38.3 Å². The Hall–Kier alpha value is -2.86. The molecule has 1 amide bonds. The molecule has 2 N–H and O–H groups in total. The smallest absolute Gasteiger partial charge is 0.275 e. The van der Waals surface area contributed by atoms with E-state index < -0.39 is 6.04 Å². The van der Waals surface area contributed by atoms with Crippen LogP contribution in [0.15, 0.2) is 48.5 Å². The summed E-state index contributed by atoms with van der Waals surface area (Å²) in [5.41, 5.74) is 2.12. The molecule has 0 spiro atoms. The van der Waals surface area contributed by atoms with Gasteiger partial charge in [-0.3, -0.25) is 9.59 Å². The molecule has 160 valence electrons. The maximum atomic E-state index is 12.8. The van der Waals surface area contributed by atoms with E-state index in [9.17, 15) is 9.59 Å². The number of ketones is 1. The van der Waals surface area contributed by atoms with Crippen LogP contribution in [-0.2, 0) is 16.0 Å². The molecule has 3 atom stereocenters. The Morgan fingerprint density at radius 2 is 1.90 bits per heavy atom. The minimum atomic E-state index is -0.504. The Bertz CT molecular complexity index is 869. The normalized spacial score (nSPS) is 19.2. The number of methoxy groups -OCH3 is 2. The van der Waals surface area contributed by atoms with Gasteiger partial charge in [-0.2, -0.15) is 0 Å². The van der Waals surface area contributed by atoms with Crippen LogP contribution in [0.25, 0.3) is 0 Å². The molecule has 3 rings (SSSR count). The van der Waals surface area contributed by atoms with E-state index in [0.717, 1.165) is 42.0 Å². The molecule has 1 saturated heterocycles. The Labute approximate surface area is 178 Å². The number of likely N-dealkylation sites (tertiary alicyclic amines) is 1. The van der Waals surface area contributed by atoms with Crippen molar-refractivity contribution in [1.29, 1.82) is 0 Å². The van der Waals surface area contributed by atoms with Gasteiger partial charge in [0.15, 0.2) is 12.3 Å². The summed E-state index contributed by atoms with van der Waals surface area (Å²) in [6, 6.07) is 15.3.